The van der Waals surface area contributed by atoms with Crippen molar-refractivity contribution in [3.8, 4) is 0 Å². The van der Waals surface area contributed by atoms with Gasteiger partial charge in [-0.05, 0) is 65.1 Å². The minimum absolute atomic E-state index is 0.304. The number of hydrogen-bond acceptors (Lipinski definition) is 4. The molecule has 174 valence electrons. The Morgan fingerprint density at radius 2 is 1.97 bits per heavy atom. The van der Waals surface area contributed by atoms with E-state index in [1.807, 2.05) is 0 Å². The van der Waals surface area contributed by atoms with Gasteiger partial charge in [-0.15, -0.1) is 0 Å². The number of ether oxygens (including phenoxy) is 2. The lowest BCUT2D eigenvalue weighted by molar-refractivity contribution is -0.0721. The molecule has 2 heterocycles. The van der Waals surface area contributed by atoms with Crippen LogP contribution in [0.4, 0.5) is 0 Å². The standard InChI is InChI=1S/C25H42N4O2/c1-4-26-25(27-19-22(28(2)3)18-21-10-6-5-7-11-21)29-15-13-23(14-16-29)31-20-24-12-8-9-17-30-24/h5-7,10-11,22-24H,4,8-9,12-20H2,1-3H3,(H,26,27). The second-order valence-corrected chi connectivity index (χ2v) is 9.01. The van der Waals surface area contributed by atoms with Gasteiger partial charge >= 0.3 is 0 Å². The average molecular weight is 431 g/mol. The molecule has 2 atom stereocenters. The Labute approximate surface area is 189 Å². The third-order valence-electron chi connectivity index (χ3n) is 6.36. The zero-order chi connectivity index (χ0) is 21.9. The Hall–Kier alpha value is -1.63. The van der Waals surface area contributed by atoms with Crippen LogP contribution >= 0.6 is 0 Å². The van der Waals surface area contributed by atoms with E-state index in [1.165, 1.54) is 18.4 Å². The van der Waals surface area contributed by atoms with Gasteiger partial charge in [0, 0.05) is 32.3 Å². The summed E-state index contributed by atoms with van der Waals surface area (Å²) in [7, 11) is 4.30. The summed E-state index contributed by atoms with van der Waals surface area (Å²) in [5, 5.41) is 3.51. The van der Waals surface area contributed by atoms with Crippen molar-refractivity contribution in [2.45, 2.75) is 63.7 Å². The van der Waals surface area contributed by atoms with Gasteiger partial charge in [0.25, 0.3) is 0 Å². The number of rotatable bonds is 9. The number of likely N-dealkylation sites (tertiary alicyclic amines) is 1. The van der Waals surface area contributed by atoms with Crippen LogP contribution in [0.15, 0.2) is 35.3 Å². The van der Waals surface area contributed by atoms with Crippen LogP contribution < -0.4 is 5.32 Å². The molecule has 1 aromatic rings. The summed E-state index contributed by atoms with van der Waals surface area (Å²) in [5.41, 5.74) is 1.36. The van der Waals surface area contributed by atoms with Crippen molar-refractivity contribution in [1.29, 1.82) is 0 Å². The lowest BCUT2D eigenvalue weighted by Crippen LogP contribution is -2.48. The summed E-state index contributed by atoms with van der Waals surface area (Å²) in [5.74, 6) is 1.04. The molecule has 3 rings (SSSR count). The van der Waals surface area contributed by atoms with E-state index in [4.69, 9.17) is 14.5 Å². The normalized spacial score (nSPS) is 22.0. The molecule has 2 fully saturated rings. The Morgan fingerprint density at radius 3 is 2.61 bits per heavy atom. The molecular formula is C25H42N4O2. The molecule has 6 heteroatoms. The molecule has 0 saturated carbocycles. The van der Waals surface area contributed by atoms with Gasteiger partial charge in [0.15, 0.2) is 5.96 Å². The summed E-state index contributed by atoms with van der Waals surface area (Å²) < 4.78 is 12.0. The number of benzene rings is 1. The lowest BCUT2D eigenvalue weighted by atomic mass is 10.1. The second-order valence-electron chi connectivity index (χ2n) is 9.01. The van der Waals surface area contributed by atoms with Crippen molar-refractivity contribution in [2.24, 2.45) is 4.99 Å². The van der Waals surface area contributed by atoms with E-state index in [0.717, 1.165) is 71.0 Å². The van der Waals surface area contributed by atoms with Gasteiger partial charge in [0.2, 0.25) is 0 Å². The summed E-state index contributed by atoms with van der Waals surface area (Å²) in [4.78, 5) is 9.71. The molecular weight excluding hydrogens is 388 g/mol. The van der Waals surface area contributed by atoms with Crippen LogP contribution in [0.3, 0.4) is 0 Å². The van der Waals surface area contributed by atoms with Crippen LogP contribution in [0.1, 0.15) is 44.6 Å². The zero-order valence-corrected chi connectivity index (χ0v) is 19.8. The topological polar surface area (TPSA) is 49.3 Å². The molecule has 0 aliphatic carbocycles. The first-order chi connectivity index (χ1) is 15.2. The molecule has 0 radical (unpaired) electrons. The minimum atomic E-state index is 0.304. The zero-order valence-electron chi connectivity index (χ0n) is 19.8. The fourth-order valence-corrected chi connectivity index (χ4v) is 4.33. The SMILES string of the molecule is CCNC(=NCC(Cc1ccccc1)N(C)C)N1CCC(OCC2CCCCO2)CC1. The summed E-state index contributed by atoms with van der Waals surface area (Å²) in [6.45, 7) is 7.46. The highest BCUT2D eigenvalue weighted by Gasteiger charge is 2.24. The molecule has 2 saturated heterocycles. The van der Waals surface area contributed by atoms with Gasteiger partial charge in [-0.3, -0.25) is 4.99 Å². The molecule has 0 spiro atoms. The highest BCUT2D eigenvalue weighted by Crippen LogP contribution is 2.18. The smallest absolute Gasteiger partial charge is 0.193 e. The van der Waals surface area contributed by atoms with E-state index >= 15 is 0 Å². The van der Waals surface area contributed by atoms with Crippen LogP contribution in [0.2, 0.25) is 0 Å². The highest BCUT2D eigenvalue weighted by molar-refractivity contribution is 5.80. The van der Waals surface area contributed by atoms with Gasteiger partial charge in [-0.25, -0.2) is 0 Å². The van der Waals surface area contributed by atoms with Gasteiger partial charge < -0.3 is 24.6 Å². The molecule has 2 aliphatic heterocycles. The fourth-order valence-electron chi connectivity index (χ4n) is 4.33. The first-order valence-electron chi connectivity index (χ1n) is 12.1. The molecule has 0 amide bonds. The van der Waals surface area contributed by atoms with Crippen LogP contribution in [0.5, 0.6) is 0 Å². The van der Waals surface area contributed by atoms with Crippen molar-refractivity contribution >= 4 is 5.96 Å². The molecule has 1 aromatic carbocycles. The monoisotopic (exact) mass is 430 g/mol. The Bertz CT molecular complexity index is 638. The van der Waals surface area contributed by atoms with Gasteiger partial charge in [-0.2, -0.15) is 0 Å². The minimum Gasteiger partial charge on any atom is -0.376 e. The van der Waals surface area contributed by atoms with E-state index in [0.29, 0.717) is 18.2 Å². The maximum Gasteiger partial charge on any atom is 0.193 e. The van der Waals surface area contributed by atoms with Crippen molar-refractivity contribution < 1.29 is 9.47 Å². The quantitative estimate of drug-likeness (QED) is 0.482. The predicted molar refractivity (Wildman–Crippen MR) is 128 cm³/mol. The van der Waals surface area contributed by atoms with E-state index in [1.54, 1.807) is 0 Å². The number of likely N-dealkylation sites (N-methyl/N-ethyl adjacent to an activating group) is 1. The molecule has 0 aromatic heterocycles. The number of piperidine rings is 1. The third-order valence-corrected chi connectivity index (χ3v) is 6.36. The van der Waals surface area contributed by atoms with Crippen LogP contribution in [-0.4, -0.2) is 87.5 Å². The van der Waals surface area contributed by atoms with E-state index in [9.17, 15) is 0 Å². The van der Waals surface area contributed by atoms with Gasteiger partial charge in [0.1, 0.15) is 0 Å². The maximum absolute atomic E-state index is 6.19. The van der Waals surface area contributed by atoms with Crippen LogP contribution in [-0.2, 0) is 15.9 Å². The number of aliphatic imine (C=N–C) groups is 1. The number of hydrogen-bond donors (Lipinski definition) is 1. The summed E-state index contributed by atoms with van der Waals surface area (Å²) >= 11 is 0. The van der Waals surface area contributed by atoms with Gasteiger partial charge in [0.05, 0.1) is 25.4 Å². The second kappa shape index (κ2) is 13.0. The van der Waals surface area contributed by atoms with Gasteiger partial charge in [-0.1, -0.05) is 30.3 Å². The Morgan fingerprint density at radius 1 is 1.19 bits per heavy atom. The van der Waals surface area contributed by atoms with E-state index in [2.05, 4.69) is 66.5 Å². The molecule has 2 unspecified atom stereocenters. The van der Waals surface area contributed by atoms with Crippen molar-refractivity contribution in [3.63, 3.8) is 0 Å². The van der Waals surface area contributed by atoms with Crippen molar-refractivity contribution in [1.82, 2.24) is 15.1 Å². The Kier molecular flexibility index (Phi) is 10.1. The first kappa shape index (κ1) is 24.0. The van der Waals surface area contributed by atoms with E-state index < -0.39 is 0 Å². The maximum atomic E-state index is 6.19. The molecule has 6 nitrogen and oxygen atoms in total. The third kappa shape index (κ3) is 8.09. The van der Waals surface area contributed by atoms with Crippen molar-refractivity contribution in [2.75, 3.05) is 53.5 Å². The molecule has 31 heavy (non-hydrogen) atoms. The number of nitrogens with one attached hydrogen (secondary N) is 1. The van der Waals surface area contributed by atoms with Crippen LogP contribution in [0.25, 0.3) is 0 Å². The summed E-state index contributed by atoms with van der Waals surface area (Å²) in [6, 6.07) is 11.1. The summed E-state index contributed by atoms with van der Waals surface area (Å²) in [6.07, 6.45) is 7.38. The largest absolute Gasteiger partial charge is 0.376 e. The molecule has 0 bridgehead atoms. The number of nitrogens with zero attached hydrogens (tertiary/aromatic N) is 3. The number of guanidine groups is 1. The van der Waals surface area contributed by atoms with E-state index in [-0.39, 0.29) is 0 Å². The fraction of sp³-hybridized carbons (Fsp3) is 0.720. The Balaban J connectivity index is 1.49. The first-order valence-corrected chi connectivity index (χ1v) is 12.1. The van der Waals surface area contributed by atoms with Crippen LogP contribution in [0, 0.1) is 0 Å². The highest BCUT2D eigenvalue weighted by atomic mass is 16.5. The molecule has 1 N–H and O–H groups in total. The van der Waals surface area contributed by atoms with Crippen molar-refractivity contribution in [3.05, 3.63) is 35.9 Å². The lowest BCUT2D eigenvalue weighted by Gasteiger charge is -2.35. The average Bonchev–Trinajstić information content (AvgIpc) is 2.81. The predicted octanol–water partition coefficient (Wildman–Crippen LogP) is 3.17. The molecule has 2 aliphatic rings.